The van der Waals surface area contributed by atoms with Gasteiger partial charge in [0.2, 0.25) is 0 Å². The second kappa shape index (κ2) is 10.5. The van der Waals surface area contributed by atoms with E-state index in [1.807, 2.05) is 36.7 Å². The first-order chi connectivity index (χ1) is 18.6. The molecule has 0 saturated heterocycles. The van der Waals surface area contributed by atoms with Crippen LogP contribution in [0.25, 0.3) is 11.0 Å². The molecule has 1 aliphatic rings. The van der Waals surface area contributed by atoms with Gasteiger partial charge in [0.25, 0.3) is 0 Å². The van der Waals surface area contributed by atoms with Crippen LogP contribution < -0.4 is 4.74 Å². The number of aryl methyl sites for hydroxylation is 3. The zero-order valence-corrected chi connectivity index (χ0v) is 23.7. The van der Waals surface area contributed by atoms with E-state index in [4.69, 9.17) is 4.74 Å². The van der Waals surface area contributed by atoms with E-state index in [0.29, 0.717) is 0 Å². The molecule has 0 aliphatic carbocycles. The minimum atomic E-state index is -0.818. The Kier molecular flexibility index (Phi) is 7.21. The van der Waals surface area contributed by atoms with Gasteiger partial charge in [0, 0.05) is 37.7 Å². The van der Waals surface area contributed by atoms with Gasteiger partial charge in [0.05, 0.1) is 11.4 Å². The first-order valence-electron chi connectivity index (χ1n) is 13.7. The van der Waals surface area contributed by atoms with Gasteiger partial charge in [-0.15, -0.1) is 5.10 Å². The van der Waals surface area contributed by atoms with Crippen molar-refractivity contribution in [3.63, 3.8) is 0 Å². The van der Waals surface area contributed by atoms with Gasteiger partial charge >= 0.3 is 5.97 Å². The normalized spacial score (nSPS) is 16.8. The van der Waals surface area contributed by atoms with Crippen molar-refractivity contribution < 1.29 is 14.6 Å². The quantitative estimate of drug-likeness (QED) is 0.314. The zero-order valence-electron chi connectivity index (χ0n) is 23.7. The predicted octanol–water partition coefficient (Wildman–Crippen LogP) is 6.09. The van der Waals surface area contributed by atoms with E-state index in [0.717, 1.165) is 59.7 Å². The van der Waals surface area contributed by atoms with Crippen molar-refractivity contribution in [1.29, 1.82) is 0 Å². The third-order valence-electron chi connectivity index (χ3n) is 7.99. The van der Waals surface area contributed by atoms with E-state index in [-0.39, 0.29) is 11.5 Å². The van der Waals surface area contributed by atoms with Crippen molar-refractivity contribution in [1.82, 2.24) is 19.9 Å². The highest BCUT2D eigenvalue weighted by Crippen LogP contribution is 2.38. The maximum absolute atomic E-state index is 12.4. The minimum Gasteiger partial charge on any atom is -0.486 e. The third kappa shape index (κ3) is 5.28. The number of benzene rings is 3. The highest BCUT2D eigenvalue weighted by molar-refractivity contribution is 5.81. The molecular formula is C32H38N4O3. The highest BCUT2D eigenvalue weighted by Gasteiger charge is 2.31. The van der Waals surface area contributed by atoms with Crippen molar-refractivity contribution in [2.24, 2.45) is 5.92 Å². The molecular weight excluding hydrogens is 488 g/mol. The Morgan fingerprint density at radius 3 is 2.64 bits per heavy atom. The summed E-state index contributed by atoms with van der Waals surface area (Å²) in [5.41, 5.74) is 7.99. The van der Waals surface area contributed by atoms with E-state index in [9.17, 15) is 9.90 Å². The fourth-order valence-electron chi connectivity index (χ4n) is 5.94. The van der Waals surface area contributed by atoms with Crippen LogP contribution in [0.1, 0.15) is 67.0 Å². The summed E-state index contributed by atoms with van der Waals surface area (Å²) in [4.78, 5) is 14.8. The Morgan fingerprint density at radius 2 is 1.90 bits per heavy atom. The predicted molar refractivity (Wildman–Crippen MR) is 153 cm³/mol. The first-order valence-corrected chi connectivity index (χ1v) is 13.7. The number of hydrogen-bond acceptors (Lipinski definition) is 5. The highest BCUT2D eigenvalue weighted by atomic mass is 16.5. The van der Waals surface area contributed by atoms with Gasteiger partial charge in [-0.1, -0.05) is 54.6 Å². The van der Waals surface area contributed by atoms with Crippen LogP contribution in [0.4, 0.5) is 0 Å². The number of fused-ring (bicyclic) bond motifs is 2. The summed E-state index contributed by atoms with van der Waals surface area (Å²) in [5.74, 6) is -0.809. The molecule has 0 spiro atoms. The Hall–Kier alpha value is -3.71. The van der Waals surface area contributed by atoms with Crippen LogP contribution in [0, 0.1) is 19.8 Å². The van der Waals surface area contributed by atoms with Crippen molar-refractivity contribution in [2.75, 3.05) is 6.54 Å². The molecule has 39 heavy (non-hydrogen) atoms. The van der Waals surface area contributed by atoms with E-state index in [1.54, 1.807) is 6.92 Å². The molecule has 7 nitrogen and oxygen atoms in total. The number of ether oxygens (including phenoxy) is 1. The molecule has 7 heteroatoms. The molecule has 0 saturated carbocycles. The first kappa shape index (κ1) is 26.9. The Balaban J connectivity index is 1.54. The SMILES string of the molecule is CCn1nnc2c(C)c([C@H](c3ccc(C)c(CN4Cc5ccccc5OC(C)(C)C4)c3)[C@@H](C)C(=O)O)ccc21. The molecule has 2 atom stereocenters. The molecule has 2 heterocycles. The molecule has 1 N–H and O–H groups in total. The molecule has 0 bridgehead atoms. The summed E-state index contributed by atoms with van der Waals surface area (Å²) in [7, 11) is 0. The maximum Gasteiger partial charge on any atom is 0.307 e. The van der Waals surface area contributed by atoms with Crippen molar-refractivity contribution in [3.8, 4) is 5.75 Å². The Morgan fingerprint density at radius 1 is 1.13 bits per heavy atom. The summed E-state index contributed by atoms with van der Waals surface area (Å²) < 4.78 is 8.23. The van der Waals surface area contributed by atoms with Crippen molar-refractivity contribution >= 4 is 17.0 Å². The van der Waals surface area contributed by atoms with Crippen LogP contribution in [-0.2, 0) is 24.4 Å². The Labute approximate surface area is 230 Å². The average Bonchev–Trinajstić information content (AvgIpc) is 3.26. The molecule has 1 aliphatic heterocycles. The van der Waals surface area contributed by atoms with Crippen molar-refractivity contribution in [3.05, 3.63) is 88.0 Å². The summed E-state index contributed by atoms with van der Waals surface area (Å²) in [6, 6.07) is 18.7. The summed E-state index contributed by atoms with van der Waals surface area (Å²) in [6.07, 6.45) is 0. The number of nitrogens with zero attached hydrogens (tertiary/aromatic N) is 4. The van der Waals surface area contributed by atoms with E-state index in [2.05, 4.69) is 72.4 Å². The lowest BCUT2D eigenvalue weighted by atomic mass is 9.79. The van der Waals surface area contributed by atoms with Gasteiger partial charge in [-0.25, -0.2) is 4.68 Å². The average molecular weight is 527 g/mol. The Bertz CT molecular complexity index is 1520. The number of carboxylic acid groups (broad SMARTS) is 1. The lowest BCUT2D eigenvalue weighted by molar-refractivity contribution is -0.141. The molecule has 1 aromatic heterocycles. The van der Waals surface area contributed by atoms with Crippen LogP contribution in [-0.4, -0.2) is 43.1 Å². The lowest BCUT2D eigenvalue weighted by Crippen LogP contribution is -2.40. The molecule has 204 valence electrons. The smallest absolute Gasteiger partial charge is 0.307 e. The van der Waals surface area contributed by atoms with Gasteiger partial charge in [-0.05, 0) is 74.6 Å². The van der Waals surface area contributed by atoms with Crippen LogP contribution in [0.5, 0.6) is 5.75 Å². The largest absolute Gasteiger partial charge is 0.486 e. The number of aromatic nitrogens is 3. The molecule has 0 unspecified atom stereocenters. The van der Waals surface area contributed by atoms with Crippen molar-refractivity contribution in [2.45, 2.75) is 72.7 Å². The molecule has 0 fully saturated rings. The molecule has 0 amide bonds. The van der Waals surface area contributed by atoms with Crippen LogP contribution in [0.15, 0.2) is 54.6 Å². The second-order valence-corrected chi connectivity index (χ2v) is 11.5. The summed E-state index contributed by atoms with van der Waals surface area (Å²) in [6.45, 7) is 15.3. The van der Waals surface area contributed by atoms with E-state index < -0.39 is 11.9 Å². The molecule has 3 aromatic carbocycles. The number of carboxylic acids is 1. The van der Waals surface area contributed by atoms with Gasteiger partial charge in [-0.2, -0.15) is 0 Å². The van der Waals surface area contributed by atoms with Gasteiger partial charge in [0.15, 0.2) is 0 Å². The maximum atomic E-state index is 12.4. The van der Waals surface area contributed by atoms with Crippen LogP contribution in [0.3, 0.4) is 0 Å². The standard InChI is InChI=1S/C32H38N4O3/c1-7-36-27-15-14-26(21(3)30(27)33-34-36)29(22(4)31(37)38)23-13-12-20(2)25(16-23)18-35-17-24-10-8-9-11-28(24)39-32(5,6)19-35/h8-16,22,29H,7,17-19H2,1-6H3,(H,37,38)/t22-,29+/m1/s1. The van der Waals surface area contributed by atoms with E-state index >= 15 is 0 Å². The number of aliphatic carboxylic acids is 1. The fraction of sp³-hybridized carbons (Fsp3) is 0.406. The zero-order chi connectivity index (χ0) is 27.9. The lowest BCUT2D eigenvalue weighted by Gasteiger charge is -2.30. The summed E-state index contributed by atoms with van der Waals surface area (Å²) >= 11 is 0. The molecule has 0 radical (unpaired) electrons. The molecule has 5 rings (SSSR count). The monoisotopic (exact) mass is 526 g/mol. The topological polar surface area (TPSA) is 80.5 Å². The minimum absolute atomic E-state index is 0.317. The van der Waals surface area contributed by atoms with Gasteiger partial charge in [0.1, 0.15) is 16.9 Å². The molecule has 4 aromatic rings. The van der Waals surface area contributed by atoms with Gasteiger partial charge < -0.3 is 9.84 Å². The fourth-order valence-corrected chi connectivity index (χ4v) is 5.94. The number of hydrogen-bond donors (Lipinski definition) is 1. The van der Waals surface area contributed by atoms with E-state index in [1.165, 1.54) is 16.7 Å². The van der Waals surface area contributed by atoms with Crippen LogP contribution in [0.2, 0.25) is 0 Å². The number of para-hydroxylation sites is 1. The summed E-state index contributed by atoms with van der Waals surface area (Å²) in [5, 5.41) is 18.8. The second-order valence-electron chi connectivity index (χ2n) is 11.5. The van der Waals surface area contributed by atoms with Gasteiger partial charge in [-0.3, -0.25) is 9.69 Å². The number of rotatable bonds is 7. The number of carbonyl (C=O) groups is 1. The van der Waals surface area contributed by atoms with Crippen LogP contribution >= 0.6 is 0 Å². The third-order valence-corrected chi connectivity index (χ3v) is 7.99.